The molecule has 1 saturated heterocycles. The summed E-state index contributed by atoms with van der Waals surface area (Å²) >= 11 is 0. The second kappa shape index (κ2) is 5.46. The highest BCUT2D eigenvalue weighted by molar-refractivity contribution is 6.11. The lowest BCUT2D eigenvalue weighted by Gasteiger charge is -2.40. The average molecular weight is 408 g/mol. The maximum Gasteiger partial charge on any atom is 0.155 e. The number of hydrogen-bond donors (Lipinski definition) is 0. The molecule has 3 nitrogen and oxygen atoms in total. The first-order chi connectivity index (χ1) is 14.9. The Morgan fingerprint density at radius 2 is 1.74 bits per heavy atom. The lowest BCUT2D eigenvalue weighted by atomic mass is 9.69. The quantitative estimate of drug-likeness (QED) is 0.378. The van der Waals surface area contributed by atoms with Crippen LogP contribution >= 0.6 is 0 Å². The molecule has 4 aromatic rings. The fourth-order valence-electron chi connectivity index (χ4n) is 6.81. The zero-order valence-corrected chi connectivity index (χ0v) is 18.1. The Balaban J connectivity index is 1.72. The van der Waals surface area contributed by atoms with Gasteiger partial charge < -0.3 is 9.30 Å². The number of hydrogen-bond acceptors (Lipinski definition) is 2. The van der Waals surface area contributed by atoms with Gasteiger partial charge in [0.2, 0.25) is 0 Å². The topological polar surface area (TPSA) is 31.2 Å². The van der Waals surface area contributed by atoms with Gasteiger partial charge in [-0.3, -0.25) is 4.79 Å². The van der Waals surface area contributed by atoms with Crippen molar-refractivity contribution in [1.29, 1.82) is 0 Å². The molecule has 3 heterocycles. The lowest BCUT2D eigenvalue weighted by Crippen LogP contribution is -2.47. The molecule has 3 aromatic carbocycles. The molecule has 0 saturated carbocycles. The number of benzene rings is 3. The molecule has 0 spiro atoms. The first kappa shape index (κ1) is 17.7. The van der Waals surface area contributed by atoms with E-state index in [4.69, 9.17) is 4.74 Å². The van der Waals surface area contributed by atoms with E-state index in [-0.39, 0.29) is 17.8 Å². The number of Topliss-reactive ketones (excluding diaryl/α,β-unsaturated/α-hetero) is 1. The smallest absolute Gasteiger partial charge is 0.155 e. The molecule has 7 rings (SSSR count). The van der Waals surface area contributed by atoms with Crippen LogP contribution in [-0.4, -0.2) is 16.5 Å². The predicted octanol–water partition coefficient (Wildman–Crippen LogP) is 6.17. The van der Waals surface area contributed by atoms with Crippen LogP contribution in [0, 0.1) is 5.41 Å². The number of carbonyl (C=O) groups excluding carboxylic acids is 1. The number of ketones is 1. The van der Waals surface area contributed by atoms with Crippen LogP contribution in [0.1, 0.15) is 44.2 Å². The van der Waals surface area contributed by atoms with Gasteiger partial charge in [0, 0.05) is 16.7 Å². The molecule has 2 unspecified atom stereocenters. The third kappa shape index (κ3) is 1.89. The molecule has 1 aromatic heterocycles. The van der Waals surface area contributed by atoms with Gasteiger partial charge in [-0.05, 0) is 61.9 Å². The molecule has 2 aliphatic heterocycles. The SMILES string of the molecule is CC(=O)[C@@]1(C)CC2O[C@]1(C)n1c3ccccc3c3ccc4c(c31)C2Cc1ccccc1-4. The molecule has 2 bridgehead atoms. The zero-order chi connectivity index (χ0) is 21.1. The van der Waals surface area contributed by atoms with Crippen LogP contribution in [0.2, 0.25) is 0 Å². The van der Waals surface area contributed by atoms with Crippen LogP contribution in [0.25, 0.3) is 32.9 Å². The van der Waals surface area contributed by atoms with Crippen molar-refractivity contribution in [2.24, 2.45) is 5.41 Å². The molecule has 31 heavy (non-hydrogen) atoms. The minimum atomic E-state index is -0.719. The van der Waals surface area contributed by atoms with Crippen molar-refractivity contribution in [2.45, 2.75) is 51.4 Å². The van der Waals surface area contributed by atoms with Crippen molar-refractivity contribution in [3.05, 3.63) is 71.8 Å². The van der Waals surface area contributed by atoms with Gasteiger partial charge in [0.1, 0.15) is 5.78 Å². The molecule has 154 valence electrons. The summed E-state index contributed by atoms with van der Waals surface area (Å²) in [5.74, 6) is 0.457. The number of ether oxygens (including phenoxy) is 1. The Hall–Kier alpha value is -2.91. The summed E-state index contributed by atoms with van der Waals surface area (Å²) in [6.45, 7) is 5.99. The number of rotatable bonds is 1. The van der Waals surface area contributed by atoms with E-state index in [9.17, 15) is 4.79 Å². The van der Waals surface area contributed by atoms with Crippen LogP contribution in [-0.2, 0) is 21.7 Å². The Bertz CT molecular complexity index is 1450. The maximum absolute atomic E-state index is 13.1. The third-order valence-electron chi connectivity index (χ3n) is 8.66. The largest absolute Gasteiger partial charge is 0.351 e. The fraction of sp³-hybridized carbons (Fsp3) is 0.321. The van der Waals surface area contributed by atoms with E-state index in [2.05, 4.69) is 79.1 Å². The highest BCUT2D eigenvalue weighted by Gasteiger charge is 2.62. The van der Waals surface area contributed by atoms with Crippen LogP contribution in [0.4, 0.5) is 0 Å². The second-order valence-electron chi connectivity index (χ2n) is 9.97. The van der Waals surface area contributed by atoms with Crippen molar-refractivity contribution in [3.63, 3.8) is 0 Å². The summed E-state index contributed by atoms with van der Waals surface area (Å²) in [5.41, 5.74) is 6.58. The molecule has 3 aliphatic rings. The number of aromatic nitrogens is 1. The second-order valence-corrected chi connectivity index (χ2v) is 9.97. The normalized spacial score (nSPS) is 30.4. The van der Waals surface area contributed by atoms with Gasteiger partial charge in [0.15, 0.2) is 5.72 Å². The van der Waals surface area contributed by atoms with Gasteiger partial charge in [-0.25, -0.2) is 0 Å². The predicted molar refractivity (Wildman–Crippen MR) is 123 cm³/mol. The molecule has 1 fully saturated rings. The molecule has 3 heteroatoms. The molecule has 0 amide bonds. The lowest BCUT2D eigenvalue weighted by molar-refractivity contribution is -0.153. The first-order valence-corrected chi connectivity index (χ1v) is 11.3. The van der Waals surface area contributed by atoms with Crippen LogP contribution in [0.5, 0.6) is 0 Å². The number of carbonyl (C=O) groups is 1. The maximum atomic E-state index is 13.1. The number of para-hydroxylation sites is 1. The van der Waals surface area contributed by atoms with E-state index in [1.54, 1.807) is 6.92 Å². The summed E-state index contributed by atoms with van der Waals surface area (Å²) in [6, 6.07) is 21.9. The van der Waals surface area contributed by atoms with Crippen LogP contribution in [0.3, 0.4) is 0 Å². The summed E-state index contributed by atoms with van der Waals surface area (Å²) in [5, 5.41) is 2.50. The molecule has 0 N–H and O–H groups in total. The summed E-state index contributed by atoms with van der Waals surface area (Å²) < 4.78 is 9.36. The average Bonchev–Trinajstić information content (AvgIpc) is 3.22. The van der Waals surface area contributed by atoms with E-state index in [1.807, 2.05) is 0 Å². The Kier molecular flexibility index (Phi) is 3.13. The van der Waals surface area contributed by atoms with Crippen molar-refractivity contribution >= 4 is 27.6 Å². The van der Waals surface area contributed by atoms with Crippen molar-refractivity contribution in [3.8, 4) is 11.1 Å². The van der Waals surface area contributed by atoms with E-state index >= 15 is 0 Å². The van der Waals surface area contributed by atoms with E-state index in [0.29, 0.717) is 0 Å². The first-order valence-electron chi connectivity index (χ1n) is 11.3. The van der Waals surface area contributed by atoms with Gasteiger partial charge in [-0.15, -0.1) is 0 Å². The van der Waals surface area contributed by atoms with Crippen molar-refractivity contribution in [2.75, 3.05) is 0 Å². The third-order valence-corrected chi connectivity index (χ3v) is 8.66. The summed E-state index contributed by atoms with van der Waals surface area (Å²) in [6.07, 6.45) is 1.74. The fourth-order valence-corrected chi connectivity index (χ4v) is 6.81. The Morgan fingerprint density at radius 1 is 0.968 bits per heavy atom. The van der Waals surface area contributed by atoms with Crippen LogP contribution < -0.4 is 0 Å². The Morgan fingerprint density at radius 3 is 2.58 bits per heavy atom. The van der Waals surface area contributed by atoms with Gasteiger partial charge in [0.05, 0.1) is 22.6 Å². The van der Waals surface area contributed by atoms with E-state index in [1.165, 1.54) is 38.5 Å². The van der Waals surface area contributed by atoms with Gasteiger partial charge in [-0.1, -0.05) is 54.6 Å². The zero-order valence-electron chi connectivity index (χ0n) is 18.1. The highest BCUT2D eigenvalue weighted by Crippen LogP contribution is 2.61. The number of nitrogens with zero attached hydrogens (tertiary/aromatic N) is 1. The standard InChI is InChI=1S/C28H25NO2/c1-16(30)27(2)15-24-22-14-17-8-4-5-9-18(17)20-12-13-21-19-10-6-7-11-23(19)29(26(21)25(20)22)28(27,3)31-24/h4-13,22,24H,14-15H2,1-3H3/t22?,24?,27-,28+/m1/s1. The van der Waals surface area contributed by atoms with Gasteiger partial charge in [-0.2, -0.15) is 0 Å². The minimum absolute atomic E-state index is 0.0234. The summed E-state index contributed by atoms with van der Waals surface area (Å²) in [7, 11) is 0. The highest BCUT2D eigenvalue weighted by atomic mass is 16.5. The summed E-state index contributed by atoms with van der Waals surface area (Å²) in [4.78, 5) is 13.1. The van der Waals surface area contributed by atoms with E-state index in [0.717, 1.165) is 18.4 Å². The molecule has 4 atom stereocenters. The minimum Gasteiger partial charge on any atom is -0.351 e. The molecule has 1 aliphatic carbocycles. The Labute approximate surface area is 181 Å². The number of fused-ring (bicyclic) bond motifs is 9. The van der Waals surface area contributed by atoms with Crippen LogP contribution in [0.15, 0.2) is 60.7 Å². The van der Waals surface area contributed by atoms with Gasteiger partial charge in [0.25, 0.3) is 0 Å². The van der Waals surface area contributed by atoms with Crippen molar-refractivity contribution < 1.29 is 9.53 Å². The van der Waals surface area contributed by atoms with Crippen molar-refractivity contribution in [1.82, 2.24) is 4.57 Å². The van der Waals surface area contributed by atoms with Gasteiger partial charge >= 0.3 is 0 Å². The molecular formula is C28H25NO2. The van der Waals surface area contributed by atoms with E-state index < -0.39 is 11.1 Å². The monoisotopic (exact) mass is 407 g/mol. The molecule has 0 radical (unpaired) electrons. The molecular weight excluding hydrogens is 382 g/mol.